The number of rotatable bonds is 2. The van der Waals surface area contributed by atoms with E-state index in [0.717, 1.165) is 29.5 Å². The van der Waals surface area contributed by atoms with E-state index in [9.17, 15) is 4.39 Å². The van der Waals surface area contributed by atoms with Gasteiger partial charge in [-0.1, -0.05) is 51.8 Å². The molecule has 0 saturated carbocycles. The van der Waals surface area contributed by atoms with Gasteiger partial charge in [-0.2, -0.15) is 0 Å². The maximum atomic E-state index is 14.3. The normalized spacial score (nSPS) is 22.2. The highest BCUT2D eigenvalue weighted by Crippen LogP contribution is 2.38. The average molecular weight is 348 g/mol. The monoisotopic (exact) mass is 347 g/mol. The molecule has 2 aromatic carbocycles. The van der Waals surface area contributed by atoms with E-state index in [1.807, 2.05) is 12.1 Å². The Hall–Kier alpha value is -1.19. The van der Waals surface area contributed by atoms with Gasteiger partial charge in [-0.05, 0) is 49.1 Å². The molecule has 0 aliphatic carbocycles. The van der Waals surface area contributed by atoms with Gasteiger partial charge < -0.3 is 5.32 Å². The molecule has 2 atom stereocenters. The van der Waals surface area contributed by atoms with Crippen LogP contribution in [-0.4, -0.2) is 13.1 Å². The molecule has 110 valence electrons. The number of benzene rings is 2. The maximum Gasteiger partial charge on any atom is 0.127 e. The van der Waals surface area contributed by atoms with Gasteiger partial charge in [0, 0.05) is 16.9 Å². The van der Waals surface area contributed by atoms with Crippen LogP contribution in [0.4, 0.5) is 4.39 Å². The molecule has 1 nitrogen and oxygen atoms in total. The number of halogens is 2. The second-order valence-corrected chi connectivity index (χ2v) is 6.70. The van der Waals surface area contributed by atoms with Gasteiger partial charge in [-0.15, -0.1) is 0 Å². The molecule has 1 N–H and O–H groups in total. The molecular formula is C18H19BrFN. The molecule has 0 bridgehead atoms. The van der Waals surface area contributed by atoms with Crippen LogP contribution >= 0.6 is 15.9 Å². The Bertz CT molecular complexity index is 624. The molecule has 2 unspecified atom stereocenters. The Balaban J connectivity index is 1.96. The molecule has 1 aliphatic rings. The SMILES string of the molecule is Cc1ccc(C2CNCCC2c2ccc(Br)cc2F)cc1. The first-order valence-electron chi connectivity index (χ1n) is 7.37. The zero-order chi connectivity index (χ0) is 14.8. The van der Waals surface area contributed by atoms with E-state index in [4.69, 9.17) is 0 Å². The molecule has 3 rings (SSSR count). The Labute approximate surface area is 133 Å². The van der Waals surface area contributed by atoms with Crippen LogP contribution in [0.1, 0.15) is 34.9 Å². The molecule has 2 aromatic rings. The second-order valence-electron chi connectivity index (χ2n) is 5.78. The van der Waals surface area contributed by atoms with E-state index < -0.39 is 0 Å². The van der Waals surface area contributed by atoms with Crippen LogP contribution in [0.5, 0.6) is 0 Å². The van der Waals surface area contributed by atoms with Crippen LogP contribution in [0.25, 0.3) is 0 Å². The van der Waals surface area contributed by atoms with E-state index in [1.54, 1.807) is 6.07 Å². The molecule has 1 saturated heterocycles. The molecule has 3 heteroatoms. The third-order valence-corrected chi connectivity index (χ3v) is 4.84. The Kier molecular flexibility index (Phi) is 4.41. The Morgan fingerprint density at radius 2 is 1.86 bits per heavy atom. The van der Waals surface area contributed by atoms with Crippen molar-refractivity contribution in [3.05, 3.63) is 69.4 Å². The summed E-state index contributed by atoms with van der Waals surface area (Å²) in [6.07, 6.45) is 0.969. The lowest BCUT2D eigenvalue weighted by atomic mass is 9.77. The number of aryl methyl sites for hydroxylation is 1. The highest BCUT2D eigenvalue weighted by Gasteiger charge is 2.29. The number of nitrogens with one attached hydrogen (secondary N) is 1. The van der Waals surface area contributed by atoms with Crippen LogP contribution in [0, 0.1) is 12.7 Å². The first kappa shape index (κ1) is 14.7. The highest BCUT2D eigenvalue weighted by atomic mass is 79.9. The molecule has 0 radical (unpaired) electrons. The van der Waals surface area contributed by atoms with Crippen LogP contribution < -0.4 is 5.32 Å². The summed E-state index contributed by atoms with van der Waals surface area (Å²) in [5, 5.41) is 3.45. The highest BCUT2D eigenvalue weighted by molar-refractivity contribution is 9.10. The van der Waals surface area contributed by atoms with Crippen LogP contribution in [-0.2, 0) is 0 Å². The summed E-state index contributed by atoms with van der Waals surface area (Å²) in [6.45, 7) is 3.94. The quantitative estimate of drug-likeness (QED) is 0.825. The molecule has 1 fully saturated rings. The van der Waals surface area contributed by atoms with Gasteiger partial charge in [-0.25, -0.2) is 4.39 Å². The largest absolute Gasteiger partial charge is 0.316 e. The van der Waals surface area contributed by atoms with Crippen molar-refractivity contribution in [2.45, 2.75) is 25.2 Å². The average Bonchev–Trinajstić information content (AvgIpc) is 2.48. The predicted molar refractivity (Wildman–Crippen MR) is 88.2 cm³/mol. The molecule has 0 amide bonds. The third-order valence-electron chi connectivity index (χ3n) is 4.35. The van der Waals surface area contributed by atoms with Gasteiger partial charge in [0.15, 0.2) is 0 Å². The topological polar surface area (TPSA) is 12.0 Å². The first-order valence-corrected chi connectivity index (χ1v) is 8.16. The number of hydrogen-bond donors (Lipinski definition) is 1. The predicted octanol–water partition coefficient (Wildman–Crippen LogP) is 4.76. The summed E-state index contributed by atoms with van der Waals surface area (Å²) >= 11 is 3.34. The fourth-order valence-electron chi connectivity index (χ4n) is 3.20. The fourth-order valence-corrected chi connectivity index (χ4v) is 3.53. The lowest BCUT2D eigenvalue weighted by Gasteiger charge is -2.33. The lowest BCUT2D eigenvalue weighted by Crippen LogP contribution is -2.34. The van der Waals surface area contributed by atoms with Gasteiger partial charge in [-0.3, -0.25) is 0 Å². The zero-order valence-corrected chi connectivity index (χ0v) is 13.7. The van der Waals surface area contributed by atoms with Gasteiger partial charge in [0.25, 0.3) is 0 Å². The smallest absolute Gasteiger partial charge is 0.127 e. The van der Waals surface area contributed by atoms with E-state index in [-0.39, 0.29) is 11.7 Å². The summed E-state index contributed by atoms with van der Waals surface area (Å²) in [5.41, 5.74) is 3.39. The minimum atomic E-state index is -0.103. The van der Waals surface area contributed by atoms with E-state index in [1.165, 1.54) is 11.1 Å². The second kappa shape index (κ2) is 6.29. The van der Waals surface area contributed by atoms with E-state index in [0.29, 0.717) is 5.92 Å². The van der Waals surface area contributed by atoms with Gasteiger partial charge in [0.1, 0.15) is 5.82 Å². The minimum Gasteiger partial charge on any atom is -0.316 e. The van der Waals surface area contributed by atoms with Crippen molar-refractivity contribution in [1.82, 2.24) is 5.32 Å². The van der Waals surface area contributed by atoms with Crippen molar-refractivity contribution in [3.8, 4) is 0 Å². The van der Waals surface area contributed by atoms with E-state index >= 15 is 0 Å². The first-order chi connectivity index (χ1) is 10.1. The van der Waals surface area contributed by atoms with Crippen molar-refractivity contribution in [2.75, 3.05) is 13.1 Å². The molecule has 0 aromatic heterocycles. The van der Waals surface area contributed by atoms with Gasteiger partial charge >= 0.3 is 0 Å². The fraction of sp³-hybridized carbons (Fsp3) is 0.333. The summed E-state index contributed by atoms with van der Waals surface area (Å²) < 4.78 is 15.1. The maximum absolute atomic E-state index is 14.3. The lowest BCUT2D eigenvalue weighted by molar-refractivity contribution is 0.393. The summed E-state index contributed by atoms with van der Waals surface area (Å²) in [5.74, 6) is 0.463. The van der Waals surface area contributed by atoms with Gasteiger partial charge in [0.05, 0.1) is 0 Å². The zero-order valence-electron chi connectivity index (χ0n) is 12.1. The van der Waals surface area contributed by atoms with Crippen molar-refractivity contribution in [1.29, 1.82) is 0 Å². The van der Waals surface area contributed by atoms with Crippen LogP contribution in [0.3, 0.4) is 0 Å². The molecule has 1 heterocycles. The molecular weight excluding hydrogens is 329 g/mol. The summed E-state index contributed by atoms with van der Waals surface area (Å²) in [7, 11) is 0. The van der Waals surface area contributed by atoms with Crippen molar-refractivity contribution >= 4 is 15.9 Å². The Morgan fingerprint density at radius 3 is 2.57 bits per heavy atom. The Morgan fingerprint density at radius 1 is 1.10 bits per heavy atom. The standard InChI is InChI=1S/C18H19BrFN/c1-12-2-4-13(5-3-12)17-11-21-9-8-15(17)16-7-6-14(19)10-18(16)20/h2-7,10,15,17,21H,8-9,11H2,1H3. The van der Waals surface area contributed by atoms with Crippen molar-refractivity contribution < 1.29 is 4.39 Å². The van der Waals surface area contributed by atoms with E-state index in [2.05, 4.69) is 52.4 Å². The summed E-state index contributed by atoms with van der Waals surface area (Å²) in [4.78, 5) is 0. The number of piperidine rings is 1. The van der Waals surface area contributed by atoms with Crippen LogP contribution in [0.2, 0.25) is 0 Å². The molecule has 0 spiro atoms. The van der Waals surface area contributed by atoms with Crippen molar-refractivity contribution in [2.24, 2.45) is 0 Å². The molecule has 21 heavy (non-hydrogen) atoms. The summed E-state index contributed by atoms with van der Waals surface area (Å²) in [6, 6.07) is 14.1. The molecule has 1 aliphatic heterocycles. The number of hydrogen-bond acceptors (Lipinski definition) is 1. The third kappa shape index (κ3) is 3.19. The van der Waals surface area contributed by atoms with Crippen molar-refractivity contribution in [3.63, 3.8) is 0 Å². The van der Waals surface area contributed by atoms with Crippen LogP contribution in [0.15, 0.2) is 46.9 Å². The van der Waals surface area contributed by atoms with Gasteiger partial charge in [0.2, 0.25) is 0 Å². The minimum absolute atomic E-state index is 0.103.